The molecule has 0 radical (unpaired) electrons. The summed E-state index contributed by atoms with van der Waals surface area (Å²) < 4.78 is 7.01. The number of aromatic nitrogens is 2. The Morgan fingerprint density at radius 3 is 2.58 bits per heavy atom. The van der Waals surface area contributed by atoms with Crippen LogP contribution in [0.15, 0.2) is 36.5 Å². The van der Waals surface area contributed by atoms with Gasteiger partial charge in [-0.3, -0.25) is 4.79 Å². The van der Waals surface area contributed by atoms with Crippen LogP contribution in [0.2, 0.25) is 0 Å². The van der Waals surface area contributed by atoms with E-state index in [1.807, 2.05) is 30.3 Å². The van der Waals surface area contributed by atoms with Crippen LogP contribution < -0.4 is 10.1 Å². The number of methoxy groups -OCH3 is 1. The van der Waals surface area contributed by atoms with E-state index in [0.717, 1.165) is 37.2 Å². The van der Waals surface area contributed by atoms with Gasteiger partial charge in [0, 0.05) is 26.2 Å². The highest BCUT2D eigenvalue weighted by Crippen LogP contribution is 2.21. The molecule has 6 nitrogen and oxygen atoms in total. The van der Waals surface area contributed by atoms with Gasteiger partial charge in [0.2, 0.25) is 0 Å². The molecule has 1 aromatic carbocycles. The number of amides is 1. The fourth-order valence-corrected chi connectivity index (χ4v) is 3.76. The minimum atomic E-state index is -0.199. The number of nitrogens with one attached hydrogen (secondary N) is 1. The van der Waals surface area contributed by atoms with Gasteiger partial charge < -0.3 is 15.0 Å². The number of para-hydroxylation sites is 1. The second-order valence-electron chi connectivity index (χ2n) is 7.29. The average Bonchev–Trinajstić information content (AvgIpc) is 3.06. The molecule has 1 aromatic heterocycles. The van der Waals surface area contributed by atoms with Crippen LogP contribution in [0, 0.1) is 11.8 Å². The minimum Gasteiger partial charge on any atom is -0.493 e. The molecule has 0 saturated carbocycles. The summed E-state index contributed by atoms with van der Waals surface area (Å²) in [6.07, 6.45) is 3.02. The molecule has 2 atom stereocenters. The molecular weight excluding hydrogens is 328 g/mol. The highest BCUT2D eigenvalue weighted by Gasteiger charge is 2.22. The number of carbonyl (C=O) groups excluding carboxylic acids is 1. The molecule has 3 rings (SSSR count). The molecule has 1 aliphatic heterocycles. The molecule has 140 valence electrons. The van der Waals surface area contributed by atoms with Crippen molar-refractivity contribution in [1.82, 2.24) is 20.0 Å². The van der Waals surface area contributed by atoms with Gasteiger partial charge in [-0.15, -0.1) is 0 Å². The van der Waals surface area contributed by atoms with Crippen molar-refractivity contribution in [3.05, 3.63) is 42.2 Å². The number of rotatable bonds is 6. The Morgan fingerprint density at radius 1 is 1.23 bits per heavy atom. The van der Waals surface area contributed by atoms with Crippen LogP contribution >= 0.6 is 0 Å². The van der Waals surface area contributed by atoms with Gasteiger partial charge >= 0.3 is 0 Å². The lowest BCUT2D eigenvalue weighted by Crippen LogP contribution is -2.43. The van der Waals surface area contributed by atoms with Crippen LogP contribution in [-0.2, 0) is 0 Å². The summed E-state index contributed by atoms with van der Waals surface area (Å²) in [7, 11) is 1.56. The molecule has 1 N–H and O–H groups in total. The second kappa shape index (κ2) is 8.36. The van der Waals surface area contributed by atoms with Gasteiger partial charge in [-0.05, 0) is 30.4 Å². The molecule has 2 unspecified atom stereocenters. The van der Waals surface area contributed by atoms with E-state index in [0.29, 0.717) is 18.0 Å². The Hall–Kier alpha value is -2.34. The molecule has 6 heteroatoms. The molecule has 1 aliphatic rings. The Labute approximate surface area is 155 Å². The van der Waals surface area contributed by atoms with Crippen molar-refractivity contribution in [2.24, 2.45) is 11.8 Å². The van der Waals surface area contributed by atoms with Gasteiger partial charge in [-0.2, -0.15) is 5.10 Å². The maximum Gasteiger partial charge on any atom is 0.275 e. The molecule has 2 heterocycles. The van der Waals surface area contributed by atoms with E-state index < -0.39 is 0 Å². The lowest BCUT2D eigenvalue weighted by atomic mass is 9.92. The summed E-state index contributed by atoms with van der Waals surface area (Å²) in [6, 6.07) is 9.69. The first-order chi connectivity index (χ1) is 12.6. The lowest BCUT2D eigenvalue weighted by Gasteiger charge is -2.34. The van der Waals surface area contributed by atoms with E-state index in [9.17, 15) is 4.79 Å². The molecule has 26 heavy (non-hydrogen) atoms. The predicted molar refractivity (Wildman–Crippen MR) is 102 cm³/mol. The first kappa shape index (κ1) is 18.5. The summed E-state index contributed by atoms with van der Waals surface area (Å²) in [4.78, 5) is 15.0. The second-order valence-corrected chi connectivity index (χ2v) is 7.29. The molecule has 2 aromatic rings. The zero-order valence-electron chi connectivity index (χ0n) is 15.8. The van der Waals surface area contributed by atoms with Crippen molar-refractivity contribution in [1.29, 1.82) is 0 Å². The van der Waals surface area contributed by atoms with Crippen molar-refractivity contribution in [3.63, 3.8) is 0 Å². The Balaban J connectivity index is 1.60. The number of piperidine rings is 1. The number of ether oxygens (including phenoxy) is 1. The van der Waals surface area contributed by atoms with Crippen LogP contribution in [0.5, 0.6) is 5.75 Å². The summed E-state index contributed by atoms with van der Waals surface area (Å²) in [6.45, 7) is 8.27. The molecular formula is C20H28N4O2. The number of hydrogen-bond acceptors (Lipinski definition) is 4. The Kier molecular flexibility index (Phi) is 5.93. The topological polar surface area (TPSA) is 59.4 Å². The SMILES string of the molecule is COc1cn(-c2ccccc2)nc1C(=O)NCCN1CC(C)CC(C)C1. The van der Waals surface area contributed by atoms with Crippen LogP contribution in [0.1, 0.15) is 30.8 Å². The van der Waals surface area contributed by atoms with Gasteiger partial charge in [0.05, 0.1) is 19.0 Å². The highest BCUT2D eigenvalue weighted by molar-refractivity contribution is 5.94. The number of nitrogens with zero attached hydrogens (tertiary/aromatic N) is 3. The molecule has 0 aliphatic carbocycles. The third-order valence-electron chi connectivity index (χ3n) is 4.79. The lowest BCUT2D eigenvalue weighted by molar-refractivity contribution is 0.0928. The monoisotopic (exact) mass is 356 g/mol. The zero-order chi connectivity index (χ0) is 18.5. The van der Waals surface area contributed by atoms with Gasteiger partial charge in [0.25, 0.3) is 5.91 Å². The summed E-state index contributed by atoms with van der Waals surface area (Å²) >= 11 is 0. The third-order valence-corrected chi connectivity index (χ3v) is 4.79. The van der Waals surface area contributed by atoms with E-state index in [-0.39, 0.29) is 5.91 Å². The molecule has 0 spiro atoms. The van der Waals surface area contributed by atoms with Crippen LogP contribution in [-0.4, -0.2) is 53.9 Å². The number of benzene rings is 1. The number of hydrogen-bond donors (Lipinski definition) is 1. The summed E-state index contributed by atoms with van der Waals surface area (Å²) in [5.74, 6) is 1.72. The van der Waals surface area contributed by atoms with Crippen molar-refractivity contribution < 1.29 is 9.53 Å². The van der Waals surface area contributed by atoms with Crippen molar-refractivity contribution in [2.45, 2.75) is 20.3 Å². The Bertz CT molecular complexity index is 719. The van der Waals surface area contributed by atoms with E-state index in [4.69, 9.17) is 4.74 Å². The molecule has 0 bridgehead atoms. The van der Waals surface area contributed by atoms with Crippen LogP contribution in [0.3, 0.4) is 0 Å². The van der Waals surface area contributed by atoms with Gasteiger partial charge in [0.15, 0.2) is 11.4 Å². The number of likely N-dealkylation sites (tertiary alicyclic amines) is 1. The predicted octanol–water partition coefficient (Wildman–Crippen LogP) is 2.59. The van der Waals surface area contributed by atoms with Gasteiger partial charge in [-0.25, -0.2) is 4.68 Å². The quantitative estimate of drug-likeness (QED) is 0.864. The Morgan fingerprint density at radius 2 is 1.92 bits per heavy atom. The maximum atomic E-state index is 12.6. The van der Waals surface area contributed by atoms with Crippen LogP contribution in [0.4, 0.5) is 0 Å². The van der Waals surface area contributed by atoms with Gasteiger partial charge in [-0.1, -0.05) is 32.0 Å². The third kappa shape index (κ3) is 4.43. The van der Waals surface area contributed by atoms with Crippen molar-refractivity contribution >= 4 is 5.91 Å². The normalized spacial score (nSPS) is 20.7. The summed E-state index contributed by atoms with van der Waals surface area (Å²) in [5, 5.41) is 7.39. The summed E-state index contributed by atoms with van der Waals surface area (Å²) in [5.41, 5.74) is 1.21. The average molecular weight is 356 g/mol. The van der Waals surface area contributed by atoms with E-state index in [1.165, 1.54) is 6.42 Å². The van der Waals surface area contributed by atoms with E-state index in [1.54, 1.807) is 18.0 Å². The first-order valence-electron chi connectivity index (χ1n) is 9.26. The van der Waals surface area contributed by atoms with Crippen molar-refractivity contribution in [3.8, 4) is 11.4 Å². The molecule has 1 fully saturated rings. The van der Waals surface area contributed by atoms with Crippen molar-refractivity contribution in [2.75, 3.05) is 33.3 Å². The largest absolute Gasteiger partial charge is 0.493 e. The standard InChI is InChI=1S/C20H28N4O2/c1-15-11-16(2)13-23(12-15)10-9-21-20(25)19-18(26-3)14-24(22-19)17-7-5-4-6-8-17/h4-8,14-16H,9-13H2,1-3H3,(H,21,25). The smallest absolute Gasteiger partial charge is 0.275 e. The zero-order valence-corrected chi connectivity index (χ0v) is 15.8. The minimum absolute atomic E-state index is 0.199. The van der Waals surface area contributed by atoms with E-state index in [2.05, 4.69) is 29.2 Å². The van der Waals surface area contributed by atoms with Gasteiger partial charge in [0.1, 0.15) is 0 Å². The van der Waals surface area contributed by atoms with Crippen LogP contribution in [0.25, 0.3) is 5.69 Å². The number of carbonyl (C=O) groups is 1. The molecule has 1 amide bonds. The highest BCUT2D eigenvalue weighted by atomic mass is 16.5. The maximum absolute atomic E-state index is 12.6. The first-order valence-corrected chi connectivity index (χ1v) is 9.26. The molecule has 1 saturated heterocycles. The fraction of sp³-hybridized carbons (Fsp3) is 0.500. The van der Waals surface area contributed by atoms with E-state index >= 15 is 0 Å². The fourth-order valence-electron chi connectivity index (χ4n) is 3.76.